The maximum atomic E-state index is 14.0. The molecule has 0 saturated carbocycles. The molecule has 20 heavy (non-hydrogen) atoms. The van der Waals surface area contributed by atoms with E-state index < -0.39 is 28.6 Å². The van der Waals surface area contributed by atoms with Crippen molar-refractivity contribution < 1.29 is 18.4 Å². The molecule has 0 aromatic heterocycles. The van der Waals surface area contributed by atoms with Gasteiger partial charge in [-0.15, -0.1) is 0 Å². The monoisotopic (exact) mass is 282 g/mol. The van der Waals surface area contributed by atoms with Gasteiger partial charge in [-0.25, -0.2) is 8.78 Å². The quantitative estimate of drug-likeness (QED) is 0.851. The summed E-state index contributed by atoms with van der Waals surface area (Å²) in [4.78, 5) is 25.4. The molecule has 4 nitrogen and oxygen atoms in total. The zero-order chi connectivity index (χ0) is 15.1. The van der Waals surface area contributed by atoms with Crippen molar-refractivity contribution in [2.45, 2.75) is 26.3 Å². The maximum Gasteiger partial charge on any atom is 0.260 e. The van der Waals surface area contributed by atoms with E-state index in [2.05, 4.69) is 5.32 Å². The minimum absolute atomic E-state index is 0.189. The largest absolute Gasteiger partial charge is 0.352 e. The molecular weight excluding hydrogens is 266 g/mol. The molecule has 0 aliphatic carbocycles. The van der Waals surface area contributed by atoms with Gasteiger partial charge < -0.3 is 10.2 Å². The number of benzene rings is 1. The fourth-order valence-electron chi connectivity index (χ4n) is 2.24. The summed E-state index contributed by atoms with van der Waals surface area (Å²) in [6.07, 6.45) is 0. The molecule has 1 aliphatic rings. The van der Waals surface area contributed by atoms with Gasteiger partial charge in [0.05, 0.1) is 0 Å². The summed E-state index contributed by atoms with van der Waals surface area (Å²) in [6.45, 7) is 5.03. The number of nitrogens with one attached hydrogen (secondary N) is 1. The van der Waals surface area contributed by atoms with Gasteiger partial charge >= 0.3 is 0 Å². The number of nitrogens with zero attached hydrogens (tertiary/aromatic N) is 1. The van der Waals surface area contributed by atoms with Crippen molar-refractivity contribution in [3.8, 4) is 0 Å². The minimum Gasteiger partial charge on any atom is -0.352 e. The highest BCUT2D eigenvalue weighted by atomic mass is 19.1. The van der Waals surface area contributed by atoms with E-state index in [1.807, 2.05) is 0 Å². The van der Waals surface area contributed by atoms with Crippen LogP contribution in [-0.4, -0.2) is 35.3 Å². The number of piperazine rings is 1. The highest BCUT2D eigenvalue weighted by Crippen LogP contribution is 2.24. The second-order valence-corrected chi connectivity index (χ2v) is 5.32. The van der Waals surface area contributed by atoms with Crippen LogP contribution < -0.4 is 5.32 Å². The third-order valence-corrected chi connectivity index (χ3v) is 3.59. The van der Waals surface area contributed by atoms with E-state index in [0.29, 0.717) is 0 Å². The minimum atomic E-state index is -1.14. The van der Waals surface area contributed by atoms with E-state index in [9.17, 15) is 18.4 Å². The predicted octanol–water partition coefficient (Wildman–Crippen LogP) is 1.62. The Morgan fingerprint density at radius 3 is 2.65 bits per heavy atom. The number of aryl methyl sites for hydroxylation is 1. The van der Waals surface area contributed by atoms with E-state index in [0.717, 1.165) is 6.07 Å². The van der Waals surface area contributed by atoms with Crippen molar-refractivity contribution in [1.82, 2.24) is 10.2 Å². The fourth-order valence-corrected chi connectivity index (χ4v) is 2.24. The number of rotatable bonds is 1. The number of hydrogen-bond acceptors (Lipinski definition) is 2. The van der Waals surface area contributed by atoms with Crippen LogP contribution in [0.15, 0.2) is 12.1 Å². The van der Waals surface area contributed by atoms with Crippen molar-refractivity contribution in [3.63, 3.8) is 0 Å². The predicted molar refractivity (Wildman–Crippen MR) is 69.2 cm³/mol. The van der Waals surface area contributed by atoms with Crippen molar-refractivity contribution >= 4 is 11.8 Å². The number of halogens is 2. The molecule has 0 bridgehead atoms. The van der Waals surface area contributed by atoms with Crippen LogP contribution in [0.2, 0.25) is 0 Å². The van der Waals surface area contributed by atoms with Crippen LogP contribution in [0.3, 0.4) is 0 Å². The zero-order valence-corrected chi connectivity index (χ0v) is 11.6. The van der Waals surface area contributed by atoms with Crippen LogP contribution in [0.4, 0.5) is 8.78 Å². The molecule has 1 aliphatic heterocycles. The topological polar surface area (TPSA) is 49.4 Å². The molecule has 1 fully saturated rings. The Balaban J connectivity index is 2.46. The molecule has 0 atom stereocenters. The Hall–Kier alpha value is -1.98. The smallest absolute Gasteiger partial charge is 0.260 e. The first-order valence-corrected chi connectivity index (χ1v) is 6.31. The number of carbonyl (C=O) groups is 2. The molecule has 2 amide bonds. The lowest BCUT2D eigenvalue weighted by molar-refractivity contribution is -0.133. The second-order valence-electron chi connectivity index (χ2n) is 5.32. The van der Waals surface area contributed by atoms with E-state index in [1.54, 1.807) is 13.8 Å². The van der Waals surface area contributed by atoms with Crippen molar-refractivity contribution in [2.75, 3.05) is 13.1 Å². The first-order valence-electron chi connectivity index (χ1n) is 6.31. The summed E-state index contributed by atoms with van der Waals surface area (Å²) >= 11 is 0. The molecule has 1 N–H and O–H groups in total. The SMILES string of the molecule is Cc1ccc(F)c(C(=O)N2CCNC(=O)C2(C)C)c1F. The second kappa shape index (κ2) is 4.85. The average molecular weight is 282 g/mol. The Labute approximate surface area is 115 Å². The summed E-state index contributed by atoms with van der Waals surface area (Å²) in [5.74, 6) is -2.94. The van der Waals surface area contributed by atoms with Gasteiger partial charge in [0.2, 0.25) is 5.91 Å². The number of hydrogen-bond donors (Lipinski definition) is 1. The summed E-state index contributed by atoms with van der Waals surface area (Å²) in [6, 6.07) is 2.33. The highest BCUT2D eigenvalue weighted by Gasteiger charge is 2.42. The van der Waals surface area contributed by atoms with Crippen LogP contribution >= 0.6 is 0 Å². The van der Waals surface area contributed by atoms with Crippen molar-refractivity contribution in [1.29, 1.82) is 0 Å². The first-order chi connectivity index (χ1) is 9.26. The van der Waals surface area contributed by atoms with Gasteiger partial charge in [0.25, 0.3) is 5.91 Å². The van der Waals surface area contributed by atoms with Crippen LogP contribution in [0.25, 0.3) is 0 Å². The van der Waals surface area contributed by atoms with Crippen LogP contribution in [0, 0.1) is 18.6 Å². The summed E-state index contributed by atoms with van der Waals surface area (Å²) in [7, 11) is 0. The summed E-state index contributed by atoms with van der Waals surface area (Å²) < 4.78 is 27.8. The van der Waals surface area contributed by atoms with E-state index >= 15 is 0 Å². The number of carbonyl (C=O) groups excluding carboxylic acids is 2. The lowest BCUT2D eigenvalue weighted by Gasteiger charge is -2.41. The molecule has 0 unspecified atom stereocenters. The zero-order valence-electron chi connectivity index (χ0n) is 11.6. The van der Waals surface area contributed by atoms with Gasteiger partial charge in [-0.2, -0.15) is 0 Å². The Bertz CT molecular complexity index is 585. The average Bonchev–Trinajstić information content (AvgIpc) is 2.37. The normalized spacial score (nSPS) is 17.9. The van der Waals surface area contributed by atoms with Crippen LogP contribution in [0.1, 0.15) is 29.8 Å². The maximum absolute atomic E-state index is 14.0. The molecule has 2 rings (SSSR count). The molecule has 1 aromatic carbocycles. The van der Waals surface area contributed by atoms with Gasteiger partial charge in [0.1, 0.15) is 22.7 Å². The van der Waals surface area contributed by atoms with E-state index in [4.69, 9.17) is 0 Å². The summed E-state index contributed by atoms with van der Waals surface area (Å²) in [5.41, 5.74) is -1.56. The Kier molecular flexibility index (Phi) is 3.50. The van der Waals surface area contributed by atoms with Gasteiger partial charge in [0.15, 0.2) is 0 Å². The van der Waals surface area contributed by atoms with Crippen LogP contribution in [-0.2, 0) is 4.79 Å². The van der Waals surface area contributed by atoms with E-state index in [-0.39, 0.29) is 24.6 Å². The third kappa shape index (κ3) is 2.15. The van der Waals surface area contributed by atoms with Crippen molar-refractivity contribution in [3.05, 3.63) is 34.9 Å². The molecule has 0 spiro atoms. The van der Waals surface area contributed by atoms with Gasteiger partial charge in [0, 0.05) is 13.1 Å². The van der Waals surface area contributed by atoms with Crippen molar-refractivity contribution in [2.24, 2.45) is 0 Å². The highest BCUT2D eigenvalue weighted by molar-refractivity contribution is 6.00. The molecule has 1 aromatic rings. The Morgan fingerprint density at radius 2 is 2.00 bits per heavy atom. The van der Waals surface area contributed by atoms with Gasteiger partial charge in [-0.05, 0) is 32.4 Å². The third-order valence-electron chi connectivity index (χ3n) is 3.59. The first kappa shape index (κ1) is 14.4. The van der Waals surface area contributed by atoms with Gasteiger partial charge in [-0.3, -0.25) is 9.59 Å². The molecule has 1 saturated heterocycles. The molecular formula is C14H16F2N2O2. The standard InChI is InChI=1S/C14H16F2N2O2/c1-8-4-5-9(15)10(11(8)16)12(19)18-7-6-17-13(20)14(18,2)3/h4-5H,6-7H2,1-3H3,(H,17,20). The lowest BCUT2D eigenvalue weighted by Crippen LogP contribution is -2.63. The molecule has 1 heterocycles. The fraction of sp³-hybridized carbons (Fsp3) is 0.429. The number of amides is 2. The molecule has 0 radical (unpaired) electrons. The van der Waals surface area contributed by atoms with Crippen LogP contribution in [0.5, 0.6) is 0 Å². The Morgan fingerprint density at radius 1 is 1.35 bits per heavy atom. The van der Waals surface area contributed by atoms with Gasteiger partial charge in [-0.1, -0.05) is 6.07 Å². The molecule has 6 heteroatoms. The molecule has 108 valence electrons. The van der Waals surface area contributed by atoms with E-state index in [1.165, 1.54) is 17.9 Å². The summed E-state index contributed by atoms with van der Waals surface area (Å²) in [5, 5.41) is 2.63. The lowest BCUT2D eigenvalue weighted by atomic mass is 9.97.